The summed E-state index contributed by atoms with van der Waals surface area (Å²) in [6.45, 7) is 14.6. The molecule has 1 aromatic heterocycles. The van der Waals surface area contributed by atoms with Gasteiger partial charge in [0.2, 0.25) is 11.9 Å². The third-order valence-electron chi connectivity index (χ3n) is 10.2. The van der Waals surface area contributed by atoms with E-state index in [-0.39, 0.29) is 6.03 Å². The van der Waals surface area contributed by atoms with Crippen LogP contribution < -0.4 is 25.3 Å². The van der Waals surface area contributed by atoms with Gasteiger partial charge in [0, 0.05) is 66.9 Å². The molecule has 4 aliphatic heterocycles. The maximum Gasteiger partial charge on any atom is 0.323 e. The van der Waals surface area contributed by atoms with Crippen LogP contribution in [0.1, 0.15) is 53.4 Å². The summed E-state index contributed by atoms with van der Waals surface area (Å²) in [4.78, 5) is 37.5. The third kappa shape index (κ3) is 6.35. The van der Waals surface area contributed by atoms with Crippen LogP contribution in [0.4, 0.5) is 33.8 Å². The zero-order valence-electron chi connectivity index (χ0n) is 27.5. The van der Waals surface area contributed by atoms with E-state index in [9.17, 15) is 4.79 Å². The van der Waals surface area contributed by atoms with Gasteiger partial charge in [-0.3, -0.25) is 4.90 Å². The van der Waals surface area contributed by atoms with Crippen molar-refractivity contribution in [1.82, 2.24) is 19.9 Å². The summed E-state index contributed by atoms with van der Waals surface area (Å²) >= 11 is 0. The lowest BCUT2D eigenvalue weighted by molar-refractivity contribution is 0.0897. The van der Waals surface area contributed by atoms with Crippen molar-refractivity contribution in [2.75, 3.05) is 64.7 Å². The van der Waals surface area contributed by atoms with Crippen LogP contribution in [-0.2, 0) is 4.74 Å². The Bertz CT molecular complexity index is 1480. The van der Waals surface area contributed by atoms with Gasteiger partial charge in [-0.05, 0) is 102 Å². The maximum absolute atomic E-state index is 12.9. The summed E-state index contributed by atoms with van der Waals surface area (Å²) < 4.78 is 5.84. The second-order valence-corrected chi connectivity index (χ2v) is 13.6. The normalized spacial score (nSPS) is 24.9. The summed E-state index contributed by atoms with van der Waals surface area (Å²) in [6, 6.07) is 17.5. The summed E-state index contributed by atoms with van der Waals surface area (Å²) in [5, 5.41) is 5.93. The van der Waals surface area contributed by atoms with Gasteiger partial charge in [-0.25, -0.2) is 4.79 Å². The number of benzene rings is 2. The highest BCUT2D eigenvalue weighted by Gasteiger charge is 2.40. The molecule has 0 aliphatic carbocycles. The van der Waals surface area contributed by atoms with Crippen molar-refractivity contribution >= 4 is 35.0 Å². The van der Waals surface area contributed by atoms with Gasteiger partial charge in [0.15, 0.2) is 5.82 Å². The van der Waals surface area contributed by atoms with E-state index in [4.69, 9.17) is 19.7 Å². The summed E-state index contributed by atoms with van der Waals surface area (Å²) in [6.07, 6.45) is 4.45. The molecule has 7 rings (SSSR count). The predicted octanol–water partition coefficient (Wildman–Crippen LogP) is 5.46. The minimum atomic E-state index is -0.282. The van der Waals surface area contributed by atoms with Crippen LogP contribution in [0.3, 0.4) is 0 Å². The van der Waals surface area contributed by atoms with E-state index in [1.54, 1.807) is 0 Å². The van der Waals surface area contributed by atoms with Gasteiger partial charge < -0.3 is 30.1 Å². The first-order valence-electron chi connectivity index (χ1n) is 17.0. The zero-order valence-corrected chi connectivity index (χ0v) is 27.5. The van der Waals surface area contributed by atoms with Gasteiger partial charge in [0.1, 0.15) is 0 Å². The summed E-state index contributed by atoms with van der Waals surface area (Å²) in [5.41, 5.74) is 3.53. The van der Waals surface area contributed by atoms with E-state index < -0.39 is 0 Å². The quantitative estimate of drug-likeness (QED) is 0.355. The first-order valence-corrected chi connectivity index (χ1v) is 17.0. The first-order chi connectivity index (χ1) is 22.3. The van der Waals surface area contributed by atoms with E-state index in [1.807, 2.05) is 36.4 Å². The fourth-order valence-corrected chi connectivity index (χ4v) is 7.51. The first kappa shape index (κ1) is 30.7. The lowest BCUT2D eigenvalue weighted by Crippen LogP contribution is -2.48. The highest BCUT2D eigenvalue weighted by atomic mass is 16.5. The molecule has 244 valence electrons. The molecule has 2 unspecified atom stereocenters. The Balaban J connectivity index is 1.03. The molecule has 2 bridgehead atoms. The highest BCUT2D eigenvalue weighted by molar-refractivity contribution is 6.00. The number of carbonyl (C=O) groups is 1. The number of amides is 2. The van der Waals surface area contributed by atoms with E-state index >= 15 is 0 Å². The number of aromatic nitrogens is 3. The van der Waals surface area contributed by atoms with E-state index in [1.165, 1.54) is 5.69 Å². The molecule has 5 heterocycles. The summed E-state index contributed by atoms with van der Waals surface area (Å²) in [5.74, 6) is 2.14. The number of nitrogens with zero attached hydrogens (tertiary/aromatic N) is 7. The molecule has 0 spiro atoms. The molecule has 3 aromatic rings. The molecule has 0 radical (unpaired) electrons. The van der Waals surface area contributed by atoms with Crippen LogP contribution in [-0.4, -0.2) is 95.5 Å². The number of ether oxygens (including phenoxy) is 1. The number of piperazine rings is 1. The lowest BCUT2D eigenvalue weighted by Gasteiger charge is -2.38. The minimum Gasteiger partial charge on any atom is -0.377 e. The summed E-state index contributed by atoms with van der Waals surface area (Å²) in [7, 11) is 0. The second-order valence-electron chi connectivity index (χ2n) is 13.6. The fourth-order valence-electron chi connectivity index (χ4n) is 7.51. The van der Waals surface area contributed by atoms with Crippen molar-refractivity contribution < 1.29 is 9.53 Å². The molecule has 11 heteroatoms. The van der Waals surface area contributed by atoms with Crippen molar-refractivity contribution in [3.8, 4) is 11.4 Å². The standard InChI is InChI=1S/C35H47N9O2/c1-23(2)41-17-19-42(20-18-41)29-13-11-28(12-14-29)37-35(45)36-27-9-7-26(8-10-27)32-38-33(43-24(3)5-6-25(43)4)40-34(39-32)44-30-15-16-31(44)22-46-21-30/h7-14,23-25,30-31H,5-6,15-22H2,1-4H3,(H2,36,37,45)/t24-,25+,30?,31?. The molecular formula is C35H47N9O2. The number of carbonyl (C=O) groups excluding carboxylic acids is 1. The minimum absolute atomic E-state index is 0.282. The van der Waals surface area contributed by atoms with Crippen molar-refractivity contribution in [3.63, 3.8) is 0 Å². The molecule has 4 fully saturated rings. The molecule has 4 atom stereocenters. The number of rotatable bonds is 7. The number of nitrogens with one attached hydrogen (secondary N) is 2. The average Bonchev–Trinajstić information content (AvgIpc) is 3.53. The third-order valence-corrected chi connectivity index (χ3v) is 10.2. The number of hydrogen-bond acceptors (Lipinski definition) is 9. The van der Waals surface area contributed by atoms with E-state index in [2.05, 4.69) is 70.1 Å². The van der Waals surface area contributed by atoms with Gasteiger partial charge in [-0.15, -0.1) is 0 Å². The van der Waals surface area contributed by atoms with E-state index in [0.29, 0.717) is 54.9 Å². The van der Waals surface area contributed by atoms with Gasteiger partial charge in [0.05, 0.1) is 25.3 Å². The number of fused-ring (bicyclic) bond motifs is 2. The Hall–Kier alpha value is -3.96. The van der Waals surface area contributed by atoms with Gasteiger partial charge in [0.25, 0.3) is 0 Å². The number of anilines is 5. The average molecular weight is 626 g/mol. The van der Waals surface area contributed by atoms with Crippen LogP contribution in [0, 0.1) is 0 Å². The van der Waals surface area contributed by atoms with E-state index in [0.717, 1.165) is 75.0 Å². The molecule has 4 aliphatic rings. The molecular weight excluding hydrogens is 578 g/mol. The number of morpholine rings is 1. The van der Waals surface area contributed by atoms with Gasteiger partial charge >= 0.3 is 6.03 Å². The Labute approximate surface area is 272 Å². The van der Waals surface area contributed by atoms with Crippen molar-refractivity contribution in [3.05, 3.63) is 48.5 Å². The topological polar surface area (TPSA) is 102 Å². The van der Waals surface area contributed by atoms with Gasteiger partial charge in [-0.2, -0.15) is 15.0 Å². The van der Waals surface area contributed by atoms with Crippen LogP contribution in [0.25, 0.3) is 11.4 Å². The molecule has 11 nitrogen and oxygen atoms in total. The van der Waals surface area contributed by atoms with Crippen LogP contribution >= 0.6 is 0 Å². The lowest BCUT2D eigenvalue weighted by atomic mass is 10.2. The van der Waals surface area contributed by atoms with Crippen molar-refractivity contribution in [2.24, 2.45) is 0 Å². The Morgan fingerprint density at radius 3 is 1.85 bits per heavy atom. The largest absolute Gasteiger partial charge is 0.377 e. The van der Waals surface area contributed by atoms with Gasteiger partial charge in [-0.1, -0.05) is 0 Å². The van der Waals surface area contributed by atoms with Crippen molar-refractivity contribution in [2.45, 2.75) is 83.6 Å². The maximum atomic E-state index is 12.9. The van der Waals surface area contributed by atoms with Crippen LogP contribution in [0.5, 0.6) is 0 Å². The second kappa shape index (κ2) is 13.0. The highest BCUT2D eigenvalue weighted by Crippen LogP contribution is 2.35. The Morgan fingerprint density at radius 2 is 1.28 bits per heavy atom. The Morgan fingerprint density at radius 1 is 0.739 bits per heavy atom. The molecule has 4 saturated heterocycles. The SMILES string of the molecule is CC(C)N1CCN(c2ccc(NC(=O)Nc3ccc(-c4nc(N5C6CCC5COC6)nc(N5[C@H](C)CC[C@@H]5C)n4)cc3)cc2)CC1. The molecule has 2 amide bonds. The van der Waals surface area contributed by atoms with Crippen LogP contribution in [0.15, 0.2) is 48.5 Å². The molecule has 2 aromatic carbocycles. The Kier molecular flexibility index (Phi) is 8.70. The molecule has 0 saturated carbocycles. The molecule has 2 N–H and O–H groups in total. The zero-order chi connectivity index (χ0) is 31.8. The van der Waals surface area contributed by atoms with Crippen molar-refractivity contribution in [1.29, 1.82) is 0 Å². The number of hydrogen-bond donors (Lipinski definition) is 2. The fraction of sp³-hybridized carbons (Fsp3) is 0.543. The monoisotopic (exact) mass is 625 g/mol. The smallest absolute Gasteiger partial charge is 0.323 e. The number of urea groups is 1. The molecule has 46 heavy (non-hydrogen) atoms. The predicted molar refractivity (Wildman–Crippen MR) is 184 cm³/mol. The van der Waals surface area contributed by atoms with Crippen LogP contribution in [0.2, 0.25) is 0 Å².